The number of carbonyl (C=O) groups is 4. The topological polar surface area (TPSA) is 74.8 Å². The van der Waals surface area contributed by atoms with Crippen molar-refractivity contribution in [2.75, 3.05) is 9.80 Å². The van der Waals surface area contributed by atoms with Crippen molar-refractivity contribution in [3.8, 4) is 0 Å². The second-order valence-electron chi connectivity index (χ2n) is 17.2. The summed E-state index contributed by atoms with van der Waals surface area (Å²) in [5.41, 5.74) is 9.06. The number of imide groups is 2. The number of carbonyl (C=O) groups excluding carboxylic acids is 4. The Morgan fingerprint density at radius 2 is 1.11 bits per heavy atom. The monoisotopic (exact) mass is 750 g/mol. The smallest absolute Gasteiger partial charge is 0.238 e. The number of nitrogens with zero attached hydrogens (tertiary/aromatic N) is 2. The van der Waals surface area contributed by atoms with Gasteiger partial charge in [-0.1, -0.05) is 122 Å². The van der Waals surface area contributed by atoms with E-state index in [2.05, 4.69) is 79.9 Å². The molecule has 4 bridgehead atoms. The van der Waals surface area contributed by atoms with E-state index in [1.54, 1.807) is 0 Å². The predicted octanol–water partition coefficient (Wildman–Crippen LogP) is 9.19. The van der Waals surface area contributed by atoms with Crippen molar-refractivity contribution < 1.29 is 19.2 Å². The van der Waals surface area contributed by atoms with Gasteiger partial charge in [0, 0.05) is 5.41 Å². The lowest BCUT2D eigenvalue weighted by atomic mass is 9.71. The molecule has 10 rings (SSSR count). The lowest BCUT2D eigenvalue weighted by molar-refractivity contribution is -0.125. The largest absolute Gasteiger partial charge is 0.274 e. The van der Waals surface area contributed by atoms with Gasteiger partial charge in [0.25, 0.3) is 0 Å². The van der Waals surface area contributed by atoms with Gasteiger partial charge in [-0.25, -0.2) is 0 Å². The van der Waals surface area contributed by atoms with Crippen LogP contribution >= 0.6 is 0 Å². The molecule has 6 aliphatic rings. The minimum atomic E-state index is -0.320. The van der Waals surface area contributed by atoms with E-state index in [9.17, 15) is 19.2 Å². The fraction of sp³-hybridized carbons (Fsp3) is 0.294. The van der Waals surface area contributed by atoms with E-state index in [0.29, 0.717) is 17.8 Å². The molecule has 4 amide bonds. The van der Waals surface area contributed by atoms with Crippen LogP contribution in [0.15, 0.2) is 134 Å². The van der Waals surface area contributed by atoms with E-state index in [1.807, 2.05) is 60.7 Å². The Balaban J connectivity index is 0.777. The first-order chi connectivity index (χ1) is 27.7. The van der Waals surface area contributed by atoms with Gasteiger partial charge in [-0.2, -0.15) is 0 Å². The highest BCUT2D eigenvalue weighted by Gasteiger charge is 2.66. The predicted molar refractivity (Wildman–Crippen MR) is 224 cm³/mol. The van der Waals surface area contributed by atoms with Crippen molar-refractivity contribution in [1.82, 2.24) is 0 Å². The van der Waals surface area contributed by atoms with Crippen molar-refractivity contribution in [2.24, 2.45) is 46.8 Å². The number of benzene rings is 4. The van der Waals surface area contributed by atoms with Gasteiger partial charge >= 0.3 is 0 Å². The van der Waals surface area contributed by atoms with Crippen LogP contribution in [0.1, 0.15) is 59.1 Å². The van der Waals surface area contributed by atoms with Gasteiger partial charge in [0.05, 0.1) is 35.0 Å². The number of aryl methyl sites for hydroxylation is 2. The Kier molecular flexibility index (Phi) is 8.51. The first-order valence-electron chi connectivity index (χ1n) is 20.5. The maximum absolute atomic E-state index is 14.1. The number of rotatable bonds is 12. The first-order valence-corrected chi connectivity index (χ1v) is 20.5. The molecule has 2 saturated carbocycles. The van der Waals surface area contributed by atoms with Crippen LogP contribution in [0.25, 0.3) is 12.2 Å². The third-order valence-corrected chi connectivity index (χ3v) is 14.3. The molecule has 0 radical (unpaired) electrons. The Morgan fingerprint density at radius 1 is 0.579 bits per heavy atom. The van der Waals surface area contributed by atoms with Crippen LogP contribution in [0, 0.1) is 46.8 Å². The summed E-state index contributed by atoms with van der Waals surface area (Å²) in [4.78, 5) is 58.4. The summed E-state index contributed by atoms with van der Waals surface area (Å²) in [6.07, 6.45) is 16.3. The van der Waals surface area contributed by atoms with Crippen LogP contribution < -0.4 is 9.80 Å². The van der Waals surface area contributed by atoms with Crippen molar-refractivity contribution in [2.45, 2.75) is 44.9 Å². The van der Waals surface area contributed by atoms with Gasteiger partial charge in [0.2, 0.25) is 23.6 Å². The maximum Gasteiger partial charge on any atom is 0.238 e. The minimum absolute atomic E-state index is 0.0647. The normalized spacial score (nSPS) is 29.1. The molecule has 2 heterocycles. The molecule has 0 aromatic heterocycles. The van der Waals surface area contributed by atoms with E-state index in [4.69, 9.17) is 0 Å². The average Bonchev–Trinajstić information content (AvgIpc) is 4.09. The van der Waals surface area contributed by atoms with Crippen molar-refractivity contribution in [3.63, 3.8) is 0 Å². The van der Waals surface area contributed by atoms with Gasteiger partial charge in [-0.15, -0.1) is 0 Å². The van der Waals surface area contributed by atoms with Crippen LogP contribution in [0.3, 0.4) is 0 Å². The summed E-state index contributed by atoms with van der Waals surface area (Å²) in [6, 6.07) is 32.3. The lowest BCUT2D eigenvalue weighted by Crippen LogP contribution is -2.36. The molecule has 4 fully saturated rings. The van der Waals surface area contributed by atoms with Crippen molar-refractivity contribution in [1.29, 1.82) is 0 Å². The second-order valence-corrected chi connectivity index (χ2v) is 17.2. The van der Waals surface area contributed by atoms with Gasteiger partial charge in [0.1, 0.15) is 0 Å². The van der Waals surface area contributed by atoms with Crippen LogP contribution in [-0.4, -0.2) is 23.6 Å². The number of allylic oxidation sites excluding steroid dienone is 4. The molecule has 284 valence electrons. The number of fused-ring (bicyclic) bond motifs is 10. The first kappa shape index (κ1) is 35.5. The van der Waals surface area contributed by atoms with Crippen LogP contribution in [-0.2, 0) is 38.4 Å². The van der Waals surface area contributed by atoms with Crippen LogP contribution in [0.2, 0.25) is 0 Å². The van der Waals surface area contributed by atoms with Gasteiger partial charge in [-0.3, -0.25) is 29.0 Å². The Labute approximate surface area is 334 Å². The minimum Gasteiger partial charge on any atom is -0.274 e. The van der Waals surface area contributed by atoms with E-state index in [1.165, 1.54) is 26.5 Å². The summed E-state index contributed by atoms with van der Waals surface area (Å²) in [5.74, 6) is -1.06. The Hall–Kier alpha value is -5.88. The fourth-order valence-electron chi connectivity index (χ4n) is 11.4. The zero-order chi connectivity index (χ0) is 39.0. The van der Waals surface area contributed by atoms with Crippen LogP contribution in [0.5, 0.6) is 0 Å². The van der Waals surface area contributed by atoms with Gasteiger partial charge in [0.15, 0.2) is 0 Å². The molecule has 6 nitrogen and oxygen atoms in total. The average molecular weight is 751 g/mol. The van der Waals surface area contributed by atoms with E-state index < -0.39 is 0 Å². The van der Waals surface area contributed by atoms with Gasteiger partial charge < -0.3 is 0 Å². The third kappa shape index (κ3) is 5.75. The molecule has 0 N–H and O–H groups in total. The summed E-state index contributed by atoms with van der Waals surface area (Å²) in [7, 11) is 0. The number of anilines is 2. The highest BCUT2D eigenvalue weighted by molar-refractivity contribution is 6.23. The molecule has 2 aliphatic heterocycles. The number of amides is 4. The Bertz CT molecular complexity index is 2390. The highest BCUT2D eigenvalue weighted by atomic mass is 16.2. The molecule has 8 atom stereocenters. The maximum atomic E-state index is 14.1. The number of hydrogen-bond acceptors (Lipinski definition) is 4. The fourth-order valence-corrected chi connectivity index (χ4v) is 11.4. The molecule has 0 spiro atoms. The van der Waals surface area contributed by atoms with Crippen molar-refractivity contribution >= 4 is 47.2 Å². The summed E-state index contributed by atoms with van der Waals surface area (Å²) in [5, 5.41) is 0. The van der Waals surface area contributed by atoms with E-state index in [0.717, 1.165) is 60.8 Å². The van der Waals surface area contributed by atoms with Crippen LogP contribution in [0.4, 0.5) is 11.4 Å². The molecule has 4 aliphatic carbocycles. The molecule has 8 unspecified atom stereocenters. The summed E-state index contributed by atoms with van der Waals surface area (Å²) < 4.78 is 0. The molecule has 57 heavy (non-hydrogen) atoms. The molecule has 4 aromatic rings. The van der Waals surface area contributed by atoms with E-state index >= 15 is 0 Å². The lowest BCUT2D eigenvalue weighted by Gasteiger charge is -2.30. The summed E-state index contributed by atoms with van der Waals surface area (Å²) in [6.45, 7) is 7.68. The van der Waals surface area contributed by atoms with Gasteiger partial charge in [-0.05, 0) is 120 Å². The summed E-state index contributed by atoms with van der Waals surface area (Å²) >= 11 is 0. The quantitative estimate of drug-likeness (QED) is 0.107. The molecule has 2 saturated heterocycles. The highest BCUT2D eigenvalue weighted by Crippen LogP contribution is 2.62. The van der Waals surface area contributed by atoms with Crippen molar-refractivity contribution in [3.05, 3.63) is 167 Å². The van der Waals surface area contributed by atoms with E-state index in [-0.39, 0.29) is 70.5 Å². The molecular weight excluding hydrogens is 705 g/mol. The molecule has 6 heteroatoms. The SMILES string of the molecule is C=Cc1ccc(CCC2=CC3CC2C2C(=O)N(c4ccc(Cc5ccc(N6C(=O)C7C8C=CC(CCc9ccc(C=C)cc9)(C8)C7C6=O)cc5)cc4)C(=O)C32)cc1. The molecular formula is C51H46N2O4. The number of hydrogen-bond donors (Lipinski definition) is 0. The second kappa shape index (κ2) is 13.7. The standard InChI is InChI=1S/C51H46N2O4/c1-3-31-5-9-33(10-6-31)13-18-37-28-39-29-42(37)45-43(39)47(54)52(49(45)56)40-19-14-35(15-20-40)27-36-16-21-41(22-17-36)53-48(55)44-38-24-26-51(30-38,46(44)50(53)57)25-23-34-11-7-32(4-2)8-12-34/h3-12,14-17,19-22,24,26,28,38-39,42-46H,1-2,13,18,23,25,27,29-30H2. The third-order valence-electron chi connectivity index (χ3n) is 14.3. The molecule has 4 aromatic carbocycles. The zero-order valence-electron chi connectivity index (χ0n) is 32.1. The Morgan fingerprint density at radius 3 is 1.70 bits per heavy atom. The zero-order valence-corrected chi connectivity index (χ0v) is 32.1.